The monoisotopic (exact) mass is 448 g/mol. The van der Waals surface area contributed by atoms with E-state index in [0.717, 1.165) is 11.1 Å². The third-order valence-electron chi connectivity index (χ3n) is 5.19. The molecule has 1 saturated heterocycles. The molecule has 0 spiro atoms. The lowest BCUT2D eigenvalue weighted by molar-refractivity contribution is -0.343. The smallest absolute Gasteiger partial charge is 0.166 e. The third-order valence-corrected chi connectivity index (χ3v) is 5.66. The number of ether oxygens (including phenoxy) is 1. The Morgan fingerprint density at radius 2 is 2.00 bits per heavy atom. The van der Waals surface area contributed by atoms with Crippen molar-refractivity contribution in [3.05, 3.63) is 42.5 Å². The molecule has 0 unspecified atom stereocenters. The highest BCUT2D eigenvalue weighted by Gasteiger charge is 2.44. The molecule has 12 heteroatoms. The van der Waals surface area contributed by atoms with Crippen molar-refractivity contribution in [2.75, 3.05) is 6.61 Å². The standard InChI is InChI=1S/C19H23N4O7P/c1-10(2)11-4-3-5-12(6-11)14-15-18(21-8-20-14)23(9-22-15)19-17(25)16(24)13(30-19)7-29-31(26,27)28/h3-6,8-10,13,16-17,19,24-25H,7H2,1-2H3,(H2,26,27,28)/p-2/t13-,16-,17-,19-/m1/s1. The largest absolute Gasteiger partial charge is 0.790 e. The van der Waals surface area contributed by atoms with E-state index in [9.17, 15) is 24.6 Å². The van der Waals surface area contributed by atoms with E-state index in [2.05, 4.69) is 33.3 Å². The number of aliphatic hydroxyl groups excluding tert-OH is 2. The number of aromatic nitrogens is 4. The molecular formula is C19H21N4O7P-2. The van der Waals surface area contributed by atoms with Crippen molar-refractivity contribution in [3.8, 4) is 11.3 Å². The van der Waals surface area contributed by atoms with E-state index in [0.29, 0.717) is 22.8 Å². The Morgan fingerprint density at radius 1 is 1.23 bits per heavy atom. The topological polar surface area (TPSA) is 166 Å². The summed E-state index contributed by atoms with van der Waals surface area (Å²) in [6, 6.07) is 7.90. The zero-order valence-electron chi connectivity index (χ0n) is 16.7. The van der Waals surface area contributed by atoms with Crippen LogP contribution in [0.25, 0.3) is 22.4 Å². The molecule has 4 atom stereocenters. The lowest BCUT2D eigenvalue weighted by Gasteiger charge is -2.30. The summed E-state index contributed by atoms with van der Waals surface area (Å²) in [5, 5.41) is 20.6. The van der Waals surface area contributed by atoms with Crippen molar-refractivity contribution in [1.29, 1.82) is 0 Å². The van der Waals surface area contributed by atoms with Gasteiger partial charge >= 0.3 is 0 Å². The summed E-state index contributed by atoms with van der Waals surface area (Å²) in [5.41, 5.74) is 3.41. The average molecular weight is 448 g/mol. The minimum absolute atomic E-state index is 0.330. The van der Waals surface area contributed by atoms with E-state index in [1.807, 2.05) is 24.3 Å². The highest BCUT2D eigenvalue weighted by atomic mass is 31.2. The van der Waals surface area contributed by atoms with Gasteiger partial charge in [-0.15, -0.1) is 0 Å². The second-order valence-electron chi connectivity index (χ2n) is 7.62. The van der Waals surface area contributed by atoms with Crippen molar-refractivity contribution >= 4 is 19.0 Å². The van der Waals surface area contributed by atoms with Crippen LogP contribution in [0.1, 0.15) is 31.6 Å². The van der Waals surface area contributed by atoms with E-state index in [1.54, 1.807) is 0 Å². The first kappa shape index (κ1) is 22.0. The number of hydrogen-bond donors (Lipinski definition) is 2. The van der Waals surface area contributed by atoms with Gasteiger partial charge < -0.3 is 33.8 Å². The quantitative estimate of drug-likeness (QED) is 0.493. The Bertz CT molecular complexity index is 1130. The molecule has 2 aromatic heterocycles. The summed E-state index contributed by atoms with van der Waals surface area (Å²) in [6.45, 7) is 3.46. The number of rotatable bonds is 6. The average Bonchev–Trinajstić information content (AvgIpc) is 3.27. The van der Waals surface area contributed by atoms with Crippen LogP contribution in [0.2, 0.25) is 0 Å². The molecule has 0 bridgehead atoms. The molecule has 0 saturated carbocycles. The number of fused-ring (bicyclic) bond motifs is 1. The fraction of sp³-hybridized carbons (Fsp3) is 0.421. The number of benzene rings is 1. The van der Waals surface area contributed by atoms with Crippen LogP contribution in [0, 0.1) is 0 Å². The molecule has 11 nitrogen and oxygen atoms in total. The molecule has 1 aliphatic rings. The second kappa shape index (κ2) is 8.36. The van der Waals surface area contributed by atoms with E-state index >= 15 is 0 Å². The number of phosphoric acid groups is 1. The molecule has 3 aromatic rings. The Morgan fingerprint density at radius 3 is 2.71 bits per heavy atom. The summed E-state index contributed by atoms with van der Waals surface area (Å²) >= 11 is 0. The van der Waals surface area contributed by atoms with Gasteiger partial charge in [0.1, 0.15) is 35.8 Å². The highest BCUT2D eigenvalue weighted by Crippen LogP contribution is 2.35. The van der Waals surface area contributed by atoms with Crippen LogP contribution in [0.15, 0.2) is 36.9 Å². The maximum atomic E-state index is 10.7. The van der Waals surface area contributed by atoms with Crippen molar-refractivity contribution in [3.63, 3.8) is 0 Å². The molecule has 0 amide bonds. The SMILES string of the molecule is CC(C)c1cccc(-c2ncnc3c2ncn3[C@@H]2O[C@H](COP(=O)([O-])[O-])[C@@H](O)[C@H]2O)c1. The summed E-state index contributed by atoms with van der Waals surface area (Å²) in [7, 11) is -5.25. The molecular weight excluding hydrogens is 427 g/mol. The summed E-state index contributed by atoms with van der Waals surface area (Å²) in [6.07, 6.45) is -2.48. The zero-order valence-corrected chi connectivity index (χ0v) is 17.6. The number of aliphatic hydroxyl groups is 2. The van der Waals surface area contributed by atoms with Gasteiger partial charge in [-0.3, -0.25) is 4.57 Å². The zero-order chi connectivity index (χ0) is 22.3. The Balaban J connectivity index is 1.67. The molecule has 3 heterocycles. The van der Waals surface area contributed by atoms with Gasteiger partial charge in [-0.1, -0.05) is 32.0 Å². The van der Waals surface area contributed by atoms with E-state index in [4.69, 9.17) is 4.74 Å². The minimum Gasteiger partial charge on any atom is -0.790 e. The van der Waals surface area contributed by atoms with E-state index < -0.39 is 39.0 Å². The van der Waals surface area contributed by atoms with Gasteiger partial charge in [0, 0.05) is 5.56 Å². The Labute approximate surface area is 177 Å². The maximum Gasteiger partial charge on any atom is 0.166 e. The summed E-state index contributed by atoms with van der Waals surface area (Å²) in [4.78, 5) is 34.4. The fourth-order valence-corrected chi connectivity index (χ4v) is 3.89. The van der Waals surface area contributed by atoms with Crippen molar-refractivity contribution < 1.29 is 33.8 Å². The van der Waals surface area contributed by atoms with Crippen LogP contribution < -0.4 is 9.79 Å². The number of hydrogen-bond acceptors (Lipinski definition) is 10. The van der Waals surface area contributed by atoms with Crippen LogP contribution in [-0.2, 0) is 13.8 Å². The minimum atomic E-state index is -5.25. The molecule has 1 aliphatic heterocycles. The lowest BCUT2D eigenvalue weighted by Crippen LogP contribution is -2.34. The van der Waals surface area contributed by atoms with Crippen LogP contribution in [0.5, 0.6) is 0 Å². The van der Waals surface area contributed by atoms with Gasteiger partial charge in [-0.2, -0.15) is 0 Å². The predicted octanol–water partition coefficient (Wildman–Crippen LogP) is 0.0812. The maximum absolute atomic E-state index is 10.7. The molecule has 1 fully saturated rings. The van der Waals surface area contributed by atoms with Crippen molar-refractivity contribution in [2.45, 2.75) is 44.3 Å². The van der Waals surface area contributed by atoms with Crippen molar-refractivity contribution in [1.82, 2.24) is 19.5 Å². The van der Waals surface area contributed by atoms with E-state index in [-0.39, 0.29) is 0 Å². The predicted molar refractivity (Wildman–Crippen MR) is 104 cm³/mol. The second-order valence-corrected chi connectivity index (χ2v) is 8.77. The number of imidazole rings is 1. The molecule has 166 valence electrons. The number of nitrogens with zero attached hydrogens (tertiary/aromatic N) is 4. The Kier molecular flexibility index (Phi) is 5.93. The van der Waals surface area contributed by atoms with Crippen LogP contribution in [-0.4, -0.2) is 54.7 Å². The third kappa shape index (κ3) is 4.39. The first-order chi connectivity index (χ1) is 14.7. The highest BCUT2D eigenvalue weighted by molar-refractivity contribution is 7.43. The fourth-order valence-electron chi connectivity index (χ4n) is 3.56. The lowest BCUT2D eigenvalue weighted by atomic mass is 9.99. The van der Waals surface area contributed by atoms with Gasteiger partial charge in [0.25, 0.3) is 0 Å². The summed E-state index contributed by atoms with van der Waals surface area (Å²) < 4.78 is 21.9. The molecule has 2 N–H and O–H groups in total. The van der Waals surface area contributed by atoms with Gasteiger partial charge in [-0.25, -0.2) is 15.0 Å². The van der Waals surface area contributed by atoms with Crippen LogP contribution >= 0.6 is 7.82 Å². The molecule has 0 aliphatic carbocycles. The molecule has 4 rings (SSSR count). The van der Waals surface area contributed by atoms with Crippen molar-refractivity contribution in [2.24, 2.45) is 0 Å². The first-order valence-electron chi connectivity index (χ1n) is 9.62. The number of phosphoric ester groups is 1. The van der Waals surface area contributed by atoms with Gasteiger partial charge in [-0.05, 0) is 17.5 Å². The van der Waals surface area contributed by atoms with Gasteiger partial charge in [0.05, 0.1) is 20.8 Å². The van der Waals surface area contributed by atoms with Crippen LogP contribution in [0.3, 0.4) is 0 Å². The normalized spacial score (nSPS) is 24.4. The van der Waals surface area contributed by atoms with Crippen LogP contribution in [0.4, 0.5) is 0 Å². The first-order valence-corrected chi connectivity index (χ1v) is 11.1. The summed E-state index contributed by atoms with van der Waals surface area (Å²) in [5.74, 6) is 0.330. The van der Waals surface area contributed by atoms with Gasteiger partial charge in [0.2, 0.25) is 0 Å². The molecule has 31 heavy (non-hydrogen) atoms. The molecule has 1 aromatic carbocycles. The molecule has 0 radical (unpaired) electrons. The van der Waals surface area contributed by atoms with Gasteiger partial charge in [0.15, 0.2) is 11.9 Å². The van der Waals surface area contributed by atoms with E-state index in [1.165, 1.54) is 17.2 Å². The Hall–Kier alpha value is -2.24.